The number of nitrogens with zero attached hydrogens (tertiary/aromatic N) is 1. The van der Waals surface area contributed by atoms with E-state index in [1.165, 1.54) is 0 Å². The zero-order chi connectivity index (χ0) is 24.3. The molecule has 4 aromatic rings. The molecule has 33 heavy (non-hydrogen) atoms. The number of benzene rings is 3. The van der Waals surface area contributed by atoms with Crippen LogP contribution < -0.4 is 71.0 Å². The Morgan fingerprint density at radius 2 is 1.00 bits per heavy atom. The van der Waals surface area contributed by atoms with E-state index >= 15 is 0 Å². The van der Waals surface area contributed by atoms with Crippen LogP contribution in [0.25, 0.3) is 27.5 Å². The van der Waals surface area contributed by atoms with Crippen molar-refractivity contribution in [2.45, 2.75) is 0 Å². The molecule has 2 heterocycles. The lowest BCUT2D eigenvalue weighted by Crippen LogP contribution is -2.66. The van der Waals surface area contributed by atoms with E-state index in [9.17, 15) is 10.0 Å². The summed E-state index contributed by atoms with van der Waals surface area (Å²) in [7, 11) is 62.5. The Bertz CT molecular complexity index is 1550. The SMILES string of the molecule is [B]c1c([B])c(B(O)O)c([B])c2c1[B]c1c([B])c([B])c([B])c3c4c([B])c([B])c([B])c([B])c4n-2c13. The maximum absolute atomic E-state index is 9.95. The molecule has 15 heteroatoms. The van der Waals surface area contributed by atoms with Crippen molar-refractivity contribution >= 4 is 186 Å². The highest BCUT2D eigenvalue weighted by Crippen LogP contribution is 2.26. The summed E-state index contributed by atoms with van der Waals surface area (Å²) >= 11 is 0. The number of fused-ring (bicyclic) bond motifs is 5. The summed E-state index contributed by atoms with van der Waals surface area (Å²) in [6.45, 7) is 0. The molecule has 0 spiro atoms. The van der Waals surface area contributed by atoms with Gasteiger partial charge in [0.25, 0.3) is 0 Å². The molecule has 0 atom stereocenters. The molecule has 0 amide bonds. The van der Waals surface area contributed by atoms with Gasteiger partial charge in [0.1, 0.15) is 78.5 Å². The largest absolute Gasteiger partial charge is 0.487 e. The molecule has 3 nitrogen and oxygen atoms in total. The molecule has 0 aliphatic carbocycles. The molecule has 0 bridgehead atoms. The molecule has 0 saturated heterocycles. The van der Waals surface area contributed by atoms with Gasteiger partial charge in [0.05, 0.1) is 0 Å². The summed E-state index contributed by atoms with van der Waals surface area (Å²) in [5.74, 6) is 0. The number of hydrogen-bond acceptors (Lipinski definition) is 2. The van der Waals surface area contributed by atoms with Crippen molar-refractivity contribution in [3.8, 4) is 5.69 Å². The van der Waals surface area contributed by atoms with Gasteiger partial charge in [-0.25, -0.2) is 0 Å². The van der Waals surface area contributed by atoms with Crippen LogP contribution in [0.2, 0.25) is 0 Å². The molecule has 0 saturated carbocycles. The Balaban J connectivity index is 2.19. The average Bonchev–Trinajstić information content (AvgIpc) is 3.12. The van der Waals surface area contributed by atoms with Crippen molar-refractivity contribution in [1.29, 1.82) is 0 Å². The summed E-state index contributed by atoms with van der Waals surface area (Å²) in [4.78, 5) is 0. The van der Waals surface area contributed by atoms with Gasteiger partial charge in [-0.05, 0) is 16.2 Å². The molecule has 0 unspecified atom stereocenters. The Labute approximate surface area is 205 Å². The maximum Gasteiger partial charge on any atom is 0.487 e. The Kier molecular flexibility index (Phi) is 5.09. The Hall–Kier alpha value is -1.84. The maximum atomic E-state index is 9.95. The molecule has 1 aromatic heterocycles. The monoisotopic (exact) mass is 396 g/mol. The highest BCUT2D eigenvalue weighted by Gasteiger charge is 2.32. The average molecular weight is 394 g/mol. The second-order valence-electron chi connectivity index (χ2n) is 8.03. The summed E-state index contributed by atoms with van der Waals surface area (Å²) in [6.07, 6.45) is 0. The van der Waals surface area contributed by atoms with Crippen LogP contribution in [-0.4, -0.2) is 107 Å². The minimum absolute atomic E-state index is 0.0465. The van der Waals surface area contributed by atoms with Crippen LogP contribution in [0.4, 0.5) is 0 Å². The normalized spacial score (nSPS) is 12.2. The number of aromatic nitrogens is 1. The minimum Gasteiger partial charge on any atom is -0.423 e. The molecule has 3 aromatic carbocycles. The van der Waals surface area contributed by atoms with E-state index < -0.39 is 7.12 Å². The first kappa shape index (κ1) is 22.9. The highest BCUT2D eigenvalue weighted by molar-refractivity contribution is 6.85. The zero-order valence-electron chi connectivity index (χ0n) is 17.3. The molecule has 21 radical (unpaired) electrons. The van der Waals surface area contributed by atoms with Crippen molar-refractivity contribution in [2.75, 3.05) is 0 Å². The second kappa shape index (κ2) is 7.33. The van der Waals surface area contributed by atoms with Gasteiger partial charge in [-0.3, -0.25) is 0 Å². The fraction of sp³-hybridized carbons (Fsp3) is 0. The van der Waals surface area contributed by atoms with Gasteiger partial charge in [0.15, 0.2) is 7.28 Å². The van der Waals surface area contributed by atoms with Gasteiger partial charge in [-0.2, -0.15) is 0 Å². The molecule has 1 aliphatic heterocycles. The van der Waals surface area contributed by atoms with Crippen molar-refractivity contribution in [3.63, 3.8) is 0 Å². The van der Waals surface area contributed by atoms with E-state index in [0.717, 1.165) is 0 Å². The van der Waals surface area contributed by atoms with Crippen molar-refractivity contribution in [2.24, 2.45) is 0 Å². The van der Waals surface area contributed by atoms with Gasteiger partial charge in [0.2, 0.25) is 0 Å². The lowest BCUT2D eigenvalue weighted by molar-refractivity contribution is 0.426. The van der Waals surface area contributed by atoms with E-state index in [1.807, 2.05) is 0 Å². The van der Waals surface area contributed by atoms with Crippen LogP contribution >= 0.6 is 0 Å². The first-order valence-electron chi connectivity index (χ1n) is 9.69. The third-order valence-corrected chi connectivity index (χ3v) is 6.40. The van der Waals surface area contributed by atoms with E-state index in [1.54, 1.807) is 11.8 Å². The zero-order valence-corrected chi connectivity index (χ0v) is 17.3. The standard InChI is InChI=1S/C18H2B12NO2/c19-3-1-2-4(20)6(22)8(24)13-17(2)31(16(1)11(27)7(23)5(3)21)18-12(28)15(30(32)33)10(26)9(25)14(18)29-13/h32-33H. The molecular formula is C18H2B12NO2. The van der Waals surface area contributed by atoms with Crippen LogP contribution in [0.15, 0.2) is 0 Å². The van der Waals surface area contributed by atoms with Gasteiger partial charge < -0.3 is 14.6 Å². The van der Waals surface area contributed by atoms with Gasteiger partial charge in [-0.15, -0.1) is 32.8 Å². The minimum atomic E-state index is -2.00. The molecule has 127 valence electrons. The van der Waals surface area contributed by atoms with Crippen LogP contribution in [0, 0.1) is 0 Å². The van der Waals surface area contributed by atoms with E-state index in [2.05, 4.69) is 0 Å². The Morgan fingerprint density at radius 3 is 1.58 bits per heavy atom. The number of hydrogen-bond donors (Lipinski definition) is 2. The molecule has 0 fully saturated rings. The van der Waals surface area contributed by atoms with Crippen molar-refractivity contribution < 1.29 is 10.0 Å². The highest BCUT2D eigenvalue weighted by atomic mass is 16.4. The first-order chi connectivity index (χ1) is 15.4. The van der Waals surface area contributed by atoms with Crippen molar-refractivity contribution in [3.05, 3.63) is 0 Å². The fourth-order valence-electron chi connectivity index (χ4n) is 4.73. The van der Waals surface area contributed by atoms with Crippen LogP contribution in [-0.2, 0) is 0 Å². The van der Waals surface area contributed by atoms with Crippen LogP contribution in [0.1, 0.15) is 0 Å². The summed E-state index contributed by atoms with van der Waals surface area (Å²) in [5, 5.41) is 20.7. The topological polar surface area (TPSA) is 45.4 Å². The first-order valence-corrected chi connectivity index (χ1v) is 9.69. The third-order valence-electron chi connectivity index (χ3n) is 6.40. The van der Waals surface area contributed by atoms with Gasteiger partial charge >= 0.3 is 7.12 Å². The van der Waals surface area contributed by atoms with Crippen LogP contribution in [0.3, 0.4) is 0 Å². The summed E-state index contributed by atoms with van der Waals surface area (Å²) < 4.78 is 1.62. The van der Waals surface area contributed by atoms with Crippen LogP contribution in [0.5, 0.6) is 0 Å². The molecule has 1 aliphatic rings. The quantitative estimate of drug-likeness (QED) is 0.278. The van der Waals surface area contributed by atoms with E-state index in [4.69, 9.17) is 78.5 Å². The fourth-order valence-corrected chi connectivity index (χ4v) is 4.73. The lowest BCUT2D eigenvalue weighted by Gasteiger charge is -2.31. The number of rotatable bonds is 1. The van der Waals surface area contributed by atoms with E-state index in [0.29, 0.717) is 32.7 Å². The molecule has 5 rings (SSSR count). The lowest BCUT2D eigenvalue weighted by atomic mass is 9.48. The van der Waals surface area contributed by atoms with Crippen molar-refractivity contribution in [1.82, 2.24) is 4.57 Å². The van der Waals surface area contributed by atoms with Gasteiger partial charge in [-0.1, -0.05) is 32.8 Å². The summed E-state index contributed by atoms with van der Waals surface area (Å²) in [5.41, 5.74) is 2.51. The summed E-state index contributed by atoms with van der Waals surface area (Å²) in [6, 6.07) is 0. The molecule has 2 N–H and O–H groups in total. The smallest absolute Gasteiger partial charge is 0.423 e. The van der Waals surface area contributed by atoms with Gasteiger partial charge in [0, 0.05) is 16.7 Å². The second-order valence-corrected chi connectivity index (χ2v) is 8.03. The predicted octanol–water partition coefficient (Wildman–Crippen LogP) is -11.6. The predicted molar refractivity (Wildman–Crippen MR) is 150 cm³/mol. The Morgan fingerprint density at radius 1 is 0.515 bits per heavy atom. The third kappa shape index (κ3) is 2.70. The van der Waals surface area contributed by atoms with E-state index in [-0.39, 0.29) is 65.8 Å². The molecular weight excluding hydrogens is 392 g/mol.